The van der Waals surface area contributed by atoms with Crippen LogP contribution in [0.4, 0.5) is 17.1 Å². The molecule has 3 aliphatic rings. The summed E-state index contributed by atoms with van der Waals surface area (Å²) in [7, 11) is 0. The van der Waals surface area contributed by atoms with Crippen LogP contribution in [0.2, 0.25) is 0 Å². The van der Waals surface area contributed by atoms with E-state index in [0.29, 0.717) is 74.5 Å². The second-order valence-electron chi connectivity index (χ2n) is 21.6. The predicted molar refractivity (Wildman–Crippen MR) is 350 cm³/mol. The lowest BCUT2D eigenvalue weighted by Gasteiger charge is -2.13. The minimum absolute atomic E-state index is 0.0590. The molecule has 462 valence electrons. The normalized spacial score (nSPS) is 20.3. The first-order valence-electron chi connectivity index (χ1n) is 36.3. The minimum atomic E-state index is -2.42. The molecule has 0 amide bonds. The number of nitrogens with one attached hydrogen (secondary N) is 3. The molecule has 6 aromatic carbocycles. The Morgan fingerprint density at radius 2 is 0.933 bits per heavy atom. The lowest BCUT2D eigenvalue weighted by Crippen LogP contribution is -2.19. The van der Waals surface area contributed by atoms with Gasteiger partial charge in [0, 0.05) is 65.2 Å². The summed E-state index contributed by atoms with van der Waals surface area (Å²) in [4.78, 5) is 24.0. The first kappa shape index (κ1) is 47.5. The summed E-state index contributed by atoms with van der Waals surface area (Å²) in [6, 6.07) is 28.9. The fourth-order valence-electron chi connectivity index (χ4n) is 10.5. The molecule has 3 aromatic heterocycles. The van der Waals surface area contributed by atoms with E-state index in [4.69, 9.17) is 66.7 Å². The first-order valence-corrected chi connectivity index (χ1v) is 29.3. The van der Waals surface area contributed by atoms with Gasteiger partial charge in [-0.05, 0) is 207 Å². The van der Waals surface area contributed by atoms with Crippen LogP contribution in [-0.2, 0) is 19.2 Å². The molecule has 3 heterocycles. The van der Waals surface area contributed by atoms with Crippen molar-refractivity contribution < 1.29 is 47.0 Å². The van der Waals surface area contributed by atoms with Gasteiger partial charge in [-0.15, -0.1) is 0 Å². The van der Waals surface area contributed by atoms with Gasteiger partial charge in [-0.1, -0.05) is 90.8 Å². The van der Waals surface area contributed by atoms with Gasteiger partial charge in [-0.25, -0.2) is 14.5 Å². The maximum atomic E-state index is 8.89. The maximum absolute atomic E-state index is 8.89. The van der Waals surface area contributed by atoms with Crippen LogP contribution in [0.5, 0.6) is 17.2 Å². The molecule has 0 unspecified atom stereocenters. The van der Waals surface area contributed by atoms with Gasteiger partial charge < -0.3 is 43.7 Å². The number of nitrogens with zero attached hydrogens (tertiary/aromatic N) is 9. The average molecular weight is 1220 g/mol. The molecule has 0 spiro atoms. The zero-order valence-corrected chi connectivity index (χ0v) is 51.5. The lowest BCUT2D eigenvalue weighted by atomic mass is 10.0. The van der Waals surface area contributed by atoms with Gasteiger partial charge in [-0.2, -0.15) is 15.0 Å². The van der Waals surface area contributed by atoms with Crippen molar-refractivity contribution in [2.24, 2.45) is 0 Å². The molecule has 0 bridgehead atoms. The van der Waals surface area contributed by atoms with Crippen molar-refractivity contribution in [3.05, 3.63) is 177 Å². The van der Waals surface area contributed by atoms with E-state index in [2.05, 4.69) is 67.8 Å². The second-order valence-corrected chi connectivity index (χ2v) is 21.6. The Balaban J connectivity index is 0.000000168. The fourth-order valence-corrected chi connectivity index (χ4v) is 10.5. The van der Waals surface area contributed by atoms with Crippen LogP contribution in [-0.4, -0.2) is 68.2 Å². The van der Waals surface area contributed by atoms with Crippen LogP contribution < -0.4 is 30.2 Å². The zero-order valence-electron chi connectivity index (χ0n) is 65.5. The Bertz CT molecular complexity index is 4780. The Kier molecular flexibility index (Phi) is 15.7. The van der Waals surface area contributed by atoms with Crippen LogP contribution >= 0.6 is 0 Å². The molecule has 0 saturated carbocycles. The number of aromatic nitrogens is 6. The fraction of sp³-hybridized carbons (Fsp3) is 0.375. The van der Waals surface area contributed by atoms with Crippen LogP contribution in [0.15, 0.2) is 123 Å². The molecule has 9 aromatic rings. The van der Waals surface area contributed by atoms with E-state index in [1.807, 2.05) is 24.3 Å². The molecule has 3 aliphatic carbocycles. The van der Waals surface area contributed by atoms with E-state index in [1.54, 1.807) is 126 Å². The van der Waals surface area contributed by atoms with Gasteiger partial charge in [0.25, 0.3) is 17.7 Å². The number of benzene rings is 6. The van der Waals surface area contributed by atoms with Gasteiger partial charge in [0.2, 0.25) is 34.5 Å². The van der Waals surface area contributed by atoms with Crippen molar-refractivity contribution in [2.45, 2.75) is 156 Å². The highest BCUT2D eigenvalue weighted by Crippen LogP contribution is 2.42. The molecule has 18 nitrogen and oxygen atoms in total. The van der Waals surface area contributed by atoms with Gasteiger partial charge >= 0.3 is 0 Å². The number of hydrogen-bond donors (Lipinski definition) is 3. The summed E-state index contributed by atoms with van der Waals surface area (Å²) in [5.74, 6) is 2.29. The van der Waals surface area contributed by atoms with Crippen LogP contribution in [0.1, 0.15) is 171 Å². The van der Waals surface area contributed by atoms with Crippen molar-refractivity contribution in [1.82, 2.24) is 46.4 Å². The summed E-state index contributed by atoms with van der Waals surface area (Å²) >= 11 is 0. The number of hydrogen-bond acceptors (Lipinski definition) is 15. The van der Waals surface area contributed by atoms with Crippen molar-refractivity contribution in [2.75, 3.05) is 19.6 Å². The molecule has 12 rings (SSSR count). The van der Waals surface area contributed by atoms with Crippen LogP contribution in [0, 0.1) is 19.7 Å². The summed E-state index contributed by atoms with van der Waals surface area (Å²) in [5, 5.41) is 21.5. The largest absolute Gasteiger partial charge is 0.502 e. The molecule has 90 heavy (non-hydrogen) atoms. The van der Waals surface area contributed by atoms with E-state index in [0.717, 1.165) is 36.6 Å². The summed E-state index contributed by atoms with van der Waals surface area (Å²) in [5.41, 5.74) is 8.01. The van der Waals surface area contributed by atoms with Gasteiger partial charge in [0.05, 0.1) is 43.4 Å². The zero-order chi connectivity index (χ0) is 75.9. The molecular formula is C72H78N12O6. The van der Waals surface area contributed by atoms with Crippen LogP contribution in [0.3, 0.4) is 0 Å². The summed E-state index contributed by atoms with van der Waals surface area (Å²) in [6.45, 7) is 35.1. The number of fused-ring (bicyclic) bond motifs is 3. The van der Waals surface area contributed by atoms with Crippen molar-refractivity contribution in [3.63, 3.8) is 0 Å². The van der Waals surface area contributed by atoms with E-state index < -0.39 is 56.2 Å². The standard InChI is InChI=1S/3C24H26N4O2/c3*1-5-13-26-20-11-10-17-18(20)7-6-8-19(17)23-27-24(30-28-23)16-9-12-22(29-15(2)3)21(14-16)25-4/h3*6-9,12,14-15,20,26H,5,10-11,13H2,1-3H3/t3*20-/m000/s1/i5D2,13D2,15D,20D;5D2,10D2,15D;10D2,15D. The van der Waals surface area contributed by atoms with Gasteiger partial charge in [0.1, 0.15) is 17.2 Å². The molecule has 18 heteroatoms. The quantitative estimate of drug-likeness (QED) is 0.0575. The average Bonchev–Trinajstić information content (AvgIpc) is 1.60. The van der Waals surface area contributed by atoms with E-state index >= 15 is 0 Å². The SMILES string of the molecule is [2H]C(C)(C)Oc1ccc(-c2nc(-c3cccc4c3C([2H])([2H])C[C@@H]4NCCC)no2)cc1[N+]#[C-].[2H]C(C)(C)Oc1ccc(-c2nc(-c3cccc4c3CC[C@]4([2H])NC([2H])([2H])C([2H])([2H])C)no2)cc1[N+]#[C-].[2H]C([2H])(C)CN[C@H]1CC([2H])([2H])c2c(-c3noc(-c4ccc(OC([2H])(C)C)c([N+]#[C-])c4)n3)cccc21. The minimum Gasteiger partial charge on any atom is -0.502 e. The highest BCUT2D eigenvalue weighted by molar-refractivity contribution is 5.74. The Hall–Kier alpha value is -9.51. The highest BCUT2D eigenvalue weighted by atomic mass is 16.5. The molecule has 0 radical (unpaired) electrons. The van der Waals surface area contributed by atoms with Crippen LogP contribution in [0.25, 0.3) is 83.1 Å². The Morgan fingerprint density at radius 3 is 1.31 bits per heavy atom. The maximum Gasteiger partial charge on any atom is 0.256 e. The summed E-state index contributed by atoms with van der Waals surface area (Å²) < 4.78 is 147. The molecule has 3 atom stereocenters. The predicted octanol–water partition coefficient (Wildman–Crippen LogP) is 17.2. The highest BCUT2D eigenvalue weighted by Gasteiger charge is 2.30. The third-order valence-corrected chi connectivity index (χ3v) is 14.5. The van der Waals surface area contributed by atoms with E-state index in [1.165, 1.54) is 6.92 Å². The number of rotatable bonds is 21. The van der Waals surface area contributed by atoms with Crippen molar-refractivity contribution >= 4 is 17.1 Å². The third kappa shape index (κ3) is 14.6. The smallest absolute Gasteiger partial charge is 0.256 e. The third-order valence-electron chi connectivity index (χ3n) is 14.5. The Morgan fingerprint density at radius 1 is 0.533 bits per heavy atom. The first-order chi connectivity index (χ1) is 48.5. The molecule has 0 fully saturated rings. The molecule has 3 N–H and O–H groups in total. The van der Waals surface area contributed by atoms with Gasteiger partial charge in [0.15, 0.2) is 0 Å². The lowest BCUT2D eigenvalue weighted by molar-refractivity contribution is 0.244. The van der Waals surface area contributed by atoms with E-state index in [9.17, 15) is 0 Å². The van der Waals surface area contributed by atoms with E-state index in [-0.39, 0.29) is 89.4 Å². The molecule has 0 aliphatic heterocycles. The van der Waals surface area contributed by atoms with Crippen molar-refractivity contribution in [3.8, 4) is 85.8 Å². The number of ether oxygens (including phenoxy) is 3. The molecular weight excluding hydrogens is 1130 g/mol. The summed E-state index contributed by atoms with van der Waals surface area (Å²) in [6.07, 6.45) is -8.16. The van der Waals surface area contributed by atoms with Gasteiger partial charge in [-0.3, -0.25) is 0 Å². The Labute approximate surface area is 547 Å². The second kappa shape index (κ2) is 29.7. The monoisotopic (exact) mass is 1220 g/mol. The topological polar surface area (TPSA) is 194 Å². The van der Waals surface area contributed by atoms with Crippen molar-refractivity contribution in [1.29, 1.82) is 0 Å². The molecule has 0 saturated heterocycles.